The topological polar surface area (TPSA) is 52.7 Å². The van der Waals surface area contributed by atoms with Gasteiger partial charge in [0.15, 0.2) is 0 Å². The number of carbonyl (C=O) groups is 2. The van der Waals surface area contributed by atoms with E-state index in [4.69, 9.17) is 0 Å². The summed E-state index contributed by atoms with van der Waals surface area (Å²) in [5.41, 5.74) is 0.753. The van der Waals surface area contributed by atoms with Crippen molar-refractivity contribution < 1.29 is 22.8 Å². The van der Waals surface area contributed by atoms with Gasteiger partial charge in [0.2, 0.25) is 0 Å². The zero-order chi connectivity index (χ0) is 21.5. The van der Waals surface area contributed by atoms with E-state index in [9.17, 15) is 22.8 Å². The quantitative estimate of drug-likeness (QED) is 0.820. The van der Waals surface area contributed by atoms with Crippen molar-refractivity contribution in [3.63, 3.8) is 0 Å². The van der Waals surface area contributed by atoms with Crippen LogP contribution in [0.2, 0.25) is 0 Å². The number of carbonyl (C=O) groups excluding carboxylic acids is 2. The number of rotatable bonds is 3. The molecule has 1 atom stereocenters. The third-order valence-corrected chi connectivity index (χ3v) is 5.81. The first kappa shape index (κ1) is 20.3. The van der Waals surface area contributed by atoms with Crippen molar-refractivity contribution in [3.05, 3.63) is 64.7 Å². The summed E-state index contributed by atoms with van der Waals surface area (Å²) in [6.07, 6.45) is -1.64. The number of nitrogens with one attached hydrogen (secondary N) is 1. The Kier molecular flexibility index (Phi) is 5.17. The molecule has 0 spiro atoms. The van der Waals surface area contributed by atoms with E-state index in [1.165, 1.54) is 18.2 Å². The second-order valence-corrected chi connectivity index (χ2v) is 7.66. The van der Waals surface area contributed by atoms with Crippen LogP contribution in [0.25, 0.3) is 0 Å². The van der Waals surface area contributed by atoms with Gasteiger partial charge in [0.25, 0.3) is 11.8 Å². The number of benzene rings is 2. The first-order valence-electron chi connectivity index (χ1n) is 9.88. The van der Waals surface area contributed by atoms with Crippen molar-refractivity contribution in [1.29, 1.82) is 0 Å². The Balaban J connectivity index is 1.55. The van der Waals surface area contributed by atoms with Gasteiger partial charge in [-0.1, -0.05) is 18.2 Å². The molecule has 0 radical (unpaired) electrons. The lowest BCUT2D eigenvalue weighted by molar-refractivity contribution is -0.138. The van der Waals surface area contributed by atoms with Crippen molar-refractivity contribution in [1.82, 2.24) is 10.2 Å². The highest BCUT2D eigenvalue weighted by Crippen LogP contribution is 2.35. The Bertz CT molecular complexity index is 990. The van der Waals surface area contributed by atoms with E-state index in [0.29, 0.717) is 23.4 Å². The summed E-state index contributed by atoms with van der Waals surface area (Å²) in [6, 6.07) is 9.98. The van der Waals surface area contributed by atoms with E-state index in [2.05, 4.69) is 5.32 Å². The fourth-order valence-electron chi connectivity index (χ4n) is 4.24. The van der Waals surface area contributed by atoms with Crippen molar-refractivity contribution >= 4 is 17.5 Å². The molecule has 2 aliphatic heterocycles. The van der Waals surface area contributed by atoms with Gasteiger partial charge in [0.05, 0.1) is 16.8 Å². The molecule has 2 heterocycles. The molecule has 158 valence electrons. The Labute approximate surface area is 172 Å². The van der Waals surface area contributed by atoms with Gasteiger partial charge in [-0.2, -0.15) is 13.2 Å². The van der Waals surface area contributed by atoms with E-state index in [-0.39, 0.29) is 24.2 Å². The molecule has 2 aliphatic rings. The monoisotopic (exact) mass is 417 g/mol. The number of hydrogen-bond donors (Lipinski definition) is 1. The smallest absolute Gasteiger partial charge is 0.354 e. The molecule has 2 amide bonds. The fourth-order valence-corrected chi connectivity index (χ4v) is 4.24. The SMILES string of the molecule is CN1c2cc(C(=O)NCc3ccccc3C(F)(F)F)ccc2C(=O)N2CCCCC21. The second kappa shape index (κ2) is 7.66. The summed E-state index contributed by atoms with van der Waals surface area (Å²) in [7, 11) is 1.90. The molecule has 5 nitrogen and oxygen atoms in total. The van der Waals surface area contributed by atoms with Crippen LogP contribution in [0.15, 0.2) is 42.5 Å². The van der Waals surface area contributed by atoms with Crippen molar-refractivity contribution in [2.75, 3.05) is 18.5 Å². The van der Waals surface area contributed by atoms with Gasteiger partial charge in [0.1, 0.15) is 6.17 Å². The molecule has 0 bridgehead atoms. The summed E-state index contributed by atoms with van der Waals surface area (Å²) in [6.45, 7) is 0.477. The number of fused-ring (bicyclic) bond motifs is 2. The van der Waals surface area contributed by atoms with E-state index < -0.39 is 17.6 Å². The number of halogens is 3. The highest BCUT2D eigenvalue weighted by Gasteiger charge is 2.37. The predicted octanol–water partition coefficient (Wildman–Crippen LogP) is 4.04. The van der Waals surface area contributed by atoms with Crippen LogP contribution < -0.4 is 10.2 Å². The Morgan fingerprint density at radius 3 is 2.70 bits per heavy atom. The van der Waals surface area contributed by atoms with E-state index in [1.807, 2.05) is 16.8 Å². The van der Waals surface area contributed by atoms with Crippen LogP contribution in [0.5, 0.6) is 0 Å². The fraction of sp³-hybridized carbons (Fsp3) is 0.364. The summed E-state index contributed by atoms with van der Waals surface area (Å²) in [4.78, 5) is 29.3. The number of hydrogen-bond acceptors (Lipinski definition) is 3. The number of piperidine rings is 1. The first-order valence-corrected chi connectivity index (χ1v) is 9.88. The van der Waals surface area contributed by atoms with E-state index in [0.717, 1.165) is 25.3 Å². The maximum absolute atomic E-state index is 13.1. The van der Waals surface area contributed by atoms with Gasteiger partial charge in [-0.3, -0.25) is 9.59 Å². The molecular weight excluding hydrogens is 395 g/mol. The molecular formula is C22H22F3N3O2. The molecule has 1 fully saturated rings. The third-order valence-electron chi connectivity index (χ3n) is 5.81. The molecule has 1 unspecified atom stereocenters. The molecule has 30 heavy (non-hydrogen) atoms. The third kappa shape index (κ3) is 3.62. The van der Waals surface area contributed by atoms with Crippen LogP contribution in [0, 0.1) is 0 Å². The highest BCUT2D eigenvalue weighted by molar-refractivity contribution is 6.04. The summed E-state index contributed by atoms with van der Waals surface area (Å²) >= 11 is 0. The number of nitrogens with zero attached hydrogens (tertiary/aromatic N) is 2. The maximum atomic E-state index is 13.1. The van der Waals surface area contributed by atoms with Crippen LogP contribution in [-0.4, -0.2) is 36.5 Å². The molecule has 1 saturated heterocycles. The van der Waals surface area contributed by atoms with Crippen molar-refractivity contribution in [2.45, 2.75) is 38.1 Å². The molecule has 4 rings (SSSR count). The molecule has 2 aromatic carbocycles. The Hall–Kier alpha value is -3.03. The average Bonchev–Trinajstić information content (AvgIpc) is 2.75. The van der Waals surface area contributed by atoms with Crippen molar-refractivity contribution in [3.8, 4) is 0 Å². The summed E-state index contributed by atoms with van der Waals surface area (Å²) < 4.78 is 39.4. The second-order valence-electron chi connectivity index (χ2n) is 7.66. The minimum Gasteiger partial charge on any atom is -0.354 e. The average molecular weight is 417 g/mol. The minimum atomic E-state index is -4.48. The summed E-state index contributed by atoms with van der Waals surface area (Å²) in [5, 5.41) is 2.56. The van der Waals surface area contributed by atoms with Crippen LogP contribution in [0.1, 0.15) is 51.1 Å². The lowest BCUT2D eigenvalue weighted by Gasteiger charge is -2.46. The maximum Gasteiger partial charge on any atom is 0.416 e. The lowest BCUT2D eigenvalue weighted by atomic mass is 9.97. The van der Waals surface area contributed by atoms with Crippen LogP contribution in [-0.2, 0) is 12.7 Å². The molecule has 2 aromatic rings. The molecule has 0 saturated carbocycles. The van der Waals surface area contributed by atoms with Crippen molar-refractivity contribution in [2.24, 2.45) is 0 Å². The van der Waals surface area contributed by atoms with Crippen LogP contribution in [0.3, 0.4) is 0 Å². The number of amides is 2. The molecule has 1 N–H and O–H groups in total. The van der Waals surface area contributed by atoms with Gasteiger partial charge >= 0.3 is 6.18 Å². The predicted molar refractivity (Wildman–Crippen MR) is 106 cm³/mol. The summed E-state index contributed by atoms with van der Waals surface area (Å²) in [5.74, 6) is -0.527. The standard InChI is InChI=1S/C22H22F3N3O2/c1-27-18-12-14(9-10-16(18)21(30)28-11-5-4-8-19(27)28)20(29)26-13-15-6-2-3-7-17(15)22(23,24)25/h2-3,6-7,9-10,12,19H,4-5,8,11,13H2,1H3,(H,26,29). The molecule has 0 aromatic heterocycles. The van der Waals surface area contributed by atoms with Gasteiger partial charge in [0, 0.05) is 25.7 Å². The van der Waals surface area contributed by atoms with Gasteiger partial charge < -0.3 is 15.1 Å². The Morgan fingerprint density at radius 2 is 1.93 bits per heavy atom. The van der Waals surface area contributed by atoms with Gasteiger partial charge in [-0.25, -0.2) is 0 Å². The van der Waals surface area contributed by atoms with E-state index >= 15 is 0 Å². The van der Waals surface area contributed by atoms with Crippen LogP contribution >= 0.6 is 0 Å². The van der Waals surface area contributed by atoms with Gasteiger partial charge in [-0.15, -0.1) is 0 Å². The first-order chi connectivity index (χ1) is 14.3. The molecule has 0 aliphatic carbocycles. The number of anilines is 1. The molecule has 8 heteroatoms. The zero-order valence-electron chi connectivity index (χ0n) is 16.5. The normalized spacial score (nSPS) is 18.7. The number of alkyl halides is 3. The lowest BCUT2D eigenvalue weighted by Crippen LogP contribution is -2.55. The largest absolute Gasteiger partial charge is 0.416 e. The van der Waals surface area contributed by atoms with Crippen LogP contribution in [0.4, 0.5) is 18.9 Å². The Morgan fingerprint density at radius 1 is 1.17 bits per heavy atom. The minimum absolute atomic E-state index is 0.00135. The highest BCUT2D eigenvalue weighted by atomic mass is 19.4. The zero-order valence-corrected chi connectivity index (χ0v) is 16.5. The van der Waals surface area contributed by atoms with Gasteiger partial charge in [-0.05, 0) is 49.1 Å². The van der Waals surface area contributed by atoms with E-state index in [1.54, 1.807) is 18.2 Å².